The van der Waals surface area contributed by atoms with Crippen molar-refractivity contribution in [1.29, 1.82) is 0 Å². The third-order valence-corrected chi connectivity index (χ3v) is 4.47. The molecule has 1 heterocycles. The van der Waals surface area contributed by atoms with E-state index in [1.165, 1.54) is 6.92 Å². The van der Waals surface area contributed by atoms with Crippen LogP contribution in [0.2, 0.25) is 0 Å². The molecular weight excluding hydrogens is 345 g/mol. The molecule has 2 atom stereocenters. The quantitative estimate of drug-likeness (QED) is 0.802. The van der Waals surface area contributed by atoms with Gasteiger partial charge in [-0.2, -0.15) is 0 Å². The second kappa shape index (κ2) is 7.27. The first kappa shape index (κ1) is 18.1. The lowest BCUT2D eigenvalue weighted by Gasteiger charge is -2.06. The van der Waals surface area contributed by atoms with Gasteiger partial charge in [-0.25, -0.2) is 13.2 Å². The number of aromatic nitrogens is 1. The van der Waals surface area contributed by atoms with Gasteiger partial charge < -0.3 is 5.32 Å². The van der Waals surface area contributed by atoms with Crippen molar-refractivity contribution in [1.82, 2.24) is 10.3 Å². The Morgan fingerprint density at radius 3 is 2.58 bits per heavy atom. The summed E-state index contributed by atoms with van der Waals surface area (Å²) in [5.74, 6) is -3.91. The highest BCUT2D eigenvalue weighted by molar-refractivity contribution is 5.85. The summed E-state index contributed by atoms with van der Waals surface area (Å²) in [4.78, 5) is 26.7. The molecule has 2 aromatic rings. The maximum atomic E-state index is 13.8. The summed E-state index contributed by atoms with van der Waals surface area (Å²) < 4.78 is 40.2. The van der Waals surface area contributed by atoms with E-state index in [1.807, 2.05) is 0 Å². The van der Waals surface area contributed by atoms with Gasteiger partial charge in [-0.15, -0.1) is 0 Å². The molecule has 1 aromatic heterocycles. The fourth-order valence-electron chi connectivity index (χ4n) is 2.98. The Hall–Kier alpha value is -2.70. The summed E-state index contributed by atoms with van der Waals surface area (Å²) in [5.41, 5.74) is 1.02. The number of pyridine rings is 1. The molecule has 7 heteroatoms. The molecule has 0 saturated heterocycles. The van der Waals surface area contributed by atoms with Crippen LogP contribution in [0.15, 0.2) is 30.5 Å². The van der Waals surface area contributed by atoms with Crippen LogP contribution < -0.4 is 5.32 Å². The first-order valence-corrected chi connectivity index (χ1v) is 8.22. The molecule has 136 valence electrons. The second-order valence-corrected chi connectivity index (χ2v) is 6.45. The van der Waals surface area contributed by atoms with Crippen LogP contribution >= 0.6 is 0 Å². The molecule has 4 nitrogen and oxygen atoms in total. The molecular formula is C19H17F3N2O2. The van der Waals surface area contributed by atoms with Gasteiger partial charge >= 0.3 is 0 Å². The van der Waals surface area contributed by atoms with Gasteiger partial charge in [-0.3, -0.25) is 14.6 Å². The molecule has 1 aliphatic carbocycles. The zero-order valence-electron chi connectivity index (χ0n) is 14.1. The minimum absolute atomic E-state index is 0.0267. The largest absolute Gasteiger partial charge is 0.349 e. The molecule has 1 aliphatic rings. The Bertz CT molecular complexity index is 853. The van der Waals surface area contributed by atoms with Crippen LogP contribution in [-0.4, -0.2) is 23.2 Å². The molecule has 3 rings (SSSR count). The van der Waals surface area contributed by atoms with Crippen molar-refractivity contribution in [2.45, 2.75) is 25.7 Å². The van der Waals surface area contributed by atoms with E-state index in [2.05, 4.69) is 10.3 Å². The maximum Gasteiger partial charge on any atom is 0.217 e. The molecule has 1 unspecified atom stereocenters. The number of halogens is 3. The molecule has 1 amide bonds. The van der Waals surface area contributed by atoms with Crippen LogP contribution in [-0.2, 0) is 9.59 Å². The van der Waals surface area contributed by atoms with Crippen molar-refractivity contribution >= 4 is 11.7 Å². The molecule has 0 spiro atoms. The van der Waals surface area contributed by atoms with Crippen LogP contribution in [0.5, 0.6) is 0 Å². The Kier molecular flexibility index (Phi) is 5.06. The van der Waals surface area contributed by atoms with Crippen molar-refractivity contribution in [2.24, 2.45) is 5.92 Å². The van der Waals surface area contributed by atoms with Crippen molar-refractivity contribution in [2.75, 3.05) is 6.54 Å². The van der Waals surface area contributed by atoms with E-state index < -0.39 is 17.5 Å². The van der Waals surface area contributed by atoms with E-state index in [-0.39, 0.29) is 41.3 Å². The summed E-state index contributed by atoms with van der Waals surface area (Å²) in [6, 6.07) is 5.32. The average molecular weight is 362 g/mol. The van der Waals surface area contributed by atoms with Gasteiger partial charge in [0.15, 0.2) is 23.2 Å². The van der Waals surface area contributed by atoms with Crippen LogP contribution in [0.25, 0.3) is 11.3 Å². The molecule has 1 fully saturated rings. The molecule has 0 radical (unpaired) electrons. The predicted octanol–water partition coefficient (Wildman–Crippen LogP) is 3.36. The molecule has 1 saturated carbocycles. The fourth-order valence-corrected chi connectivity index (χ4v) is 2.98. The molecule has 0 bridgehead atoms. The molecule has 0 aliphatic heterocycles. The van der Waals surface area contributed by atoms with Gasteiger partial charge in [0.1, 0.15) is 0 Å². The summed E-state index contributed by atoms with van der Waals surface area (Å²) in [6.07, 6.45) is 2.79. The summed E-state index contributed by atoms with van der Waals surface area (Å²) in [7, 11) is 0. The van der Waals surface area contributed by atoms with Gasteiger partial charge in [0.25, 0.3) is 0 Å². The Balaban J connectivity index is 1.64. The monoisotopic (exact) mass is 362 g/mol. The van der Waals surface area contributed by atoms with Gasteiger partial charge in [-0.05, 0) is 42.0 Å². The lowest BCUT2D eigenvalue weighted by atomic mass is 10.1. The average Bonchev–Trinajstić information content (AvgIpc) is 3.37. The standard InChI is InChI=1S/C19H17F3N2O2/c1-10(25)23-9-13(26)6-12-7-15(12)11-2-5-17(24-8-11)14-3-4-16(20)19(22)18(14)21/h2-5,8,12,15H,6-7,9H2,1H3,(H,23,25)/t12?,15-/m0/s1. The zero-order valence-corrected chi connectivity index (χ0v) is 14.1. The van der Waals surface area contributed by atoms with E-state index in [0.29, 0.717) is 6.42 Å². The number of amides is 1. The van der Waals surface area contributed by atoms with Gasteiger partial charge in [0.2, 0.25) is 5.91 Å². The SMILES string of the molecule is CC(=O)NCC(=O)CC1C[C@H]1c1ccc(-c2ccc(F)c(F)c2F)nc1. The number of benzene rings is 1. The Labute approximate surface area is 148 Å². The van der Waals surface area contributed by atoms with Crippen LogP contribution in [0.3, 0.4) is 0 Å². The first-order chi connectivity index (χ1) is 12.4. The predicted molar refractivity (Wildman–Crippen MR) is 88.7 cm³/mol. The zero-order chi connectivity index (χ0) is 18.8. The van der Waals surface area contributed by atoms with E-state index in [1.54, 1.807) is 18.3 Å². The normalized spacial score (nSPS) is 18.5. The third kappa shape index (κ3) is 3.92. The van der Waals surface area contributed by atoms with Crippen molar-refractivity contribution < 1.29 is 22.8 Å². The van der Waals surface area contributed by atoms with E-state index >= 15 is 0 Å². The first-order valence-electron chi connectivity index (χ1n) is 8.22. The van der Waals surface area contributed by atoms with E-state index in [0.717, 1.165) is 24.1 Å². The van der Waals surface area contributed by atoms with Crippen molar-refractivity contribution in [3.8, 4) is 11.3 Å². The number of rotatable bonds is 6. The highest BCUT2D eigenvalue weighted by atomic mass is 19.2. The molecule has 1 N–H and O–H groups in total. The second-order valence-electron chi connectivity index (χ2n) is 6.45. The minimum Gasteiger partial charge on any atom is -0.349 e. The smallest absolute Gasteiger partial charge is 0.217 e. The maximum absolute atomic E-state index is 13.8. The lowest BCUT2D eigenvalue weighted by Crippen LogP contribution is -2.27. The van der Waals surface area contributed by atoms with Gasteiger partial charge in [0, 0.05) is 25.1 Å². The van der Waals surface area contributed by atoms with Crippen LogP contribution in [0.1, 0.15) is 31.2 Å². The highest BCUT2D eigenvalue weighted by Crippen LogP contribution is 2.49. The number of nitrogens with one attached hydrogen (secondary N) is 1. The Morgan fingerprint density at radius 2 is 1.92 bits per heavy atom. The van der Waals surface area contributed by atoms with Crippen molar-refractivity contribution in [3.63, 3.8) is 0 Å². The van der Waals surface area contributed by atoms with Gasteiger partial charge in [-0.1, -0.05) is 6.07 Å². The van der Waals surface area contributed by atoms with E-state index in [9.17, 15) is 22.8 Å². The third-order valence-electron chi connectivity index (χ3n) is 4.47. The van der Waals surface area contributed by atoms with Crippen LogP contribution in [0, 0.1) is 23.4 Å². The fraction of sp³-hybridized carbons (Fsp3) is 0.316. The number of hydrogen-bond acceptors (Lipinski definition) is 3. The number of nitrogens with zero attached hydrogens (tertiary/aromatic N) is 1. The Morgan fingerprint density at radius 1 is 1.15 bits per heavy atom. The molecule has 26 heavy (non-hydrogen) atoms. The summed E-state index contributed by atoms with van der Waals surface area (Å²) >= 11 is 0. The minimum atomic E-state index is -1.52. The number of Topliss-reactive ketones (excluding diaryl/α,β-unsaturated/α-hetero) is 1. The van der Waals surface area contributed by atoms with Crippen molar-refractivity contribution in [3.05, 3.63) is 53.5 Å². The number of carbonyl (C=O) groups excluding carboxylic acids is 2. The number of carbonyl (C=O) groups is 2. The van der Waals surface area contributed by atoms with Crippen LogP contribution in [0.4, 0.5) is 13.2 Å². The van der Waals surface area contributed by atoms with Gasteiger partial charge in [0.05, 0.1) is 12.2 Å². The highest BCUT2D eigenvalue weighted by Gasteiger charge is 2.39. The number of hydrogen-bond donors (Lipinski definition) is 1. The molecule has 1 aromatic carbocycles. The summed E-state index contributed by atoms with van der Waals surface area (Å²) in [5, 5.41) is 2.48. The number of ketones is 1. The van der Waals surface area contributed by atoms with E-state index in [4.69, 9.17) is 0 Å². The topological polar surface area (TPSA) is 59.1 Å². The lowest BCUT2D eigenvalue weighted by molar-refractivity contribution is -0.124. The summed E-state index contributed by atoms with van der Waals surface area (Å²) in [6.45, 7) is 1.39.